The third-order valence-corrected chi connectivity index (χ3v) is 3.92. The Bertz CT molecular complexity index is 581. The van der Waals surface area contributed by atoms with Crippen molar-refractivity contribution in [1.82, 2.24) is 0 Å². The predicted molar refractivity (Wildman–Crippen MR) is 76.2 cm³/mol. The fourth-order valence-corrected chi connectivity index (χ4v) is 2.62. The van der Waals surface area contributed by atoms with Crippen LogP contribution in [-0.4, -0.2) is 11.0 Å². The Kier molecular flexibility index (Phi) is 4.22. The molecule has 1 atom stereocenters. The van der Waals surface area contributed by atoms with E-state index in [0.717, 1.165) is 10.3 Å². The van der Waals surface area contributed by atoms with Gasteiger partial charge in [-0.05, 0) is 31.7 Å². The van der Waals surface area contributed by atoms with Gasteiger partial charge in [-0.25, -0.2) is 0 Å². The molecular weight excluding hydrogens is 258 g/mol. The van der Waals surface area contributed by atoms with Crippen LogP contribution in [-0.2, 0) is 0 Å². The van der Waals surface area contributed by atoms with Crippen LogP contribution >= 0.6 is 11.8 Å². The lowest BCUT2D eigenvalue weighted by atomic mass is 10.1. The van der Waals surface area contributed by atoms with Crippen molar-refractivity contribution in [3.63, 3.8) is 0 Å². The largest absolute Gasteiger partial charge is 0.618 e. The molecule has 3 nitrogen and oxygen atoms in total. The Morgan fingerprint density at radius 2 is 1.89 bits per heavy atom. The second-order valence-corrected chi connectivity index (χ2v) is 5.72. The number of pyridine rings is 1. The number of nitrogens with zero attached hydrogens (tertiary/aromatic N) is 1. The van der Waals surface area contributed by atoms with E-state index >= 15 is 0 Å². The van der Waals surface area contributed by atoms with Crippen molar-refractivity contribution in [2.45, 2.75) is 24.1 Å². The van der Waals surface area contributed by atoms with Gasteiger partial charge in [-0.15, -0.1) is 0 Å². The van der Waals surface area contributed by atoms with Crippen molar-refractivity contribution in [3.05, 3.63) is 65.0 Å². The quantitative estimate of drug-likeness (QED) is 0.372. The van der Waals surface area contributed by atoms with Gasteiger partial charge in [0.1, 0.15) is 0 Å². The minimum atomic E-state index is -0.287. The molecule has 1 heterocycles. The summed E-state index contributed by atoms with van der Waals surface area (Å²) in [6.45, 7) is 3.80. The number of carbonyl (C=O) groups is 1. The highest BCUT2D eigenvalue weighted by Gasteiger charge is 2.19. The van der Waals surface area contributed by atoms with Gasteiger partial charge in [-0.2, -0.15) is 4.73 Å². The topological polar surface area (TPSA) is 44.0 Å². The van der Waals surface area contributed by atoms with Gasteiger partial charge in [0.25, 0.3) is 5.03 Å². The molecule has 0 N–H and O–H groups in total. The maximum Gasteiger partial charge on any atom is 0.252 e. The highest BCUT2D eigenvalue weighted by atomic mass is 32.2. The van der Waals surface area contributed by atoms with Crippen LogP contribution in [0.5, 0.6) is 0 Å². The Labute approximate surface area is 116 Å². The van der Waals surface area contributed by atoms with Crippen molar-refractivity contribution in [2.75, 3.05) is 0 Å². The highest BCUT2D eigenvalue weighted by Crippen LogP contribution is 2.22. The van der Waals surface area contributed by atoms with E-state index in [9.17, 15) is 10.0 Å². The summed E-state index contributed by atoms with van der Waals surface area (Å²) in [5, 5.41) is 11.8. The molecule has 0 saturated carbocycles. The first-order valence-electron chi connectivity index (χ1n) is 6.03. The third kappa shape index (κ3) is 3.35. The standard InChI is InChI=1S/C15H15NO2S/c1-11-6-8-13(9-7-11)15(17)12(2)19-14-5-3-4-10-16(14)18/h3-10,12H,1-2H3. The molecule has 19 heavy (non-hydrogen) atoms. The molecule has 1 aromatic heterocycles. The van der Waals surface area contributed by atoms with Gasteiger partial charge in [0.05, 0.1) is 5.25 Å². The molecular formula is C15H15NO2S. The summed E-state index contributed by atoms with van der Waals surface area (Å²) in [4.78, 5) is 12.2. The molecule has 1 unspecified atom stereocenters. The number of hydrogen-bond acceptors (Lipinski definition) is 3. The Hall–Kier alpha value is -1.81. The number of benzene rings is 1. The minimum Gasteiger partial charge on any atom is -0.618 e. The van der Waals surface area contributed by atoms with E-state index < -0.39 is 0 Å². The molecule has 0 aliphatic heterocycles. The van der Waals surface area contributed by atoms with Gasteiger partial charge < -0.3 is 5.21 Å². The van der Waals surface area contributed by atoms with Crippen LogP contribution in [0.15, 0.2) is 53.7 Å². The van der Waals surface area contributed by atoms with Crippen LogP contribution in [0.2, 0.25) is 0 Å². The monoisotopic (exact) mass is 273 g/mol. The number of hydrogen-bond donors (Lipinski definition) is 0. The van der Waals surface area contributed by atoms with Crippen molar-refractivity contribution in [2.24, 2.45) is 0 Å². The average Bonchev–Trinajstić information content (AvgIpc) is 2.41. The zero-order chi connectivity index (χ0) is 13.8. The minimum absolute atomic E-state index is 0.0360. The van der Waals surface area contributed by atoms with E-state index in [1.807, 2.05) is 38.1 Å². The molecule has 2 aromatic rings. The van der Waals surface area contributed by atoms with E-state index in [1.165, 1.54) is 18.0 Å². The number of Topliss-reactive ketones (excluding diaryl/α,β-unsaturated/α-hetero) is 1. The van der Waals surface area contributed by atoms with Gasteiger partial charge in [0.15, 0.2) is 12.0 Å². The van der Waals surface area contributed by atoms with Crippen molar-refractivity contribution >= 4 is 17.5 Å². The molecule has 98 valence electrons. The van der Waals surface area contributed by atoms with Crippen LogP contribution in [0, 0.1) is 12.1 Å². The van der Waals surface area contributed by atoms with E-state index in [0.29, 0.717) is 10.6 Å². The first-order valence-corrected chi connectivity index (χ1v) is 6.91. The van der Waals surface area contributed by atoms with Crippen molar-refractivity contribution < 1.29 is 9.52 Å². The molecule has 0 spiro atoms. The number of aryl methyl sites for hydroxylation is 1. The zero-order valence-corrected chi connectivity index (χ0v) is 11.7. The second kappa shape index (κ2) is 5.89. The average molecular weight is 273 g/mol. The number of ketones is 1. The molecule has 0 fully saturated rings. The first kappa shape index (κ1) is 13.6. The number of rotatable bonds is 4. The molecule has 0 radical (unpaired) electrons. The van der Waals surface area contributed by atoms with Gasteiger partial charge in [0.2, 0.25) is 0 Å². The molecule has 0 amide bonds. The molecule has 0 bridgehead atoms. The van der Waals surface area contributed by atoms with Gasteiger partial charge in [0, 0.05) is 17.7 Å². The molecule has 4 heteroatoms. The summed E-state index contributed by atoms with van der Waals surface area (Å²) in [5.41, 5.74) is 1.80. The zero-order valence-electron chi connectivity index (χ0n) is 10.9. The predicted octanol–water partition coefficient (Wildman–Crippen LogP) is 2.99. The second-order valence-electron chi connectivity index (χ2n) is 4.36. The summed E-state index contributed by atoms with van der Waals surface area (Å²) >= 11 is 1.28. The van der Waals surface area contributed by atoms with Crippen molar-refractivity contribution in [1.29, 1.82) is 0 Å². The third-order valence-electron chi connectivity index (χ3n) is 2.79. The summed E-state index contributed by atoms with van der Waals surface area (Å²) in [7, 11) is 0. The Morgan fingerprint density at radius 3 is 2.53 bits per heavy atom. The lowest BCUT2D eigenvalue weighted by Gasteiger charge is -2.10. The Morgan fingerprint density at radius 1 is 1.21 bits per heavy atom. The van der Waals surface area contributed by atoms with Crippen molar-refractivity contribution in [3.8, 4) is 0 Å². The highest BCUT2D eigenvalue weighted by molar-refractivity contribution is 8.00. The summed E-state index contributed by atoms with van der Waals surface area (Å²) < 4.78 is 0.781. The molecule has 1 aromatic carbocycles. The van der Waals surface area contributed by atoms with E-state index in [4.69, 9.17) is 0 Å². The fourth-order valence-electron chi connectivity index (χ4n) is 1.69. The molecule has 2 rings (SSSR count). The number of carbonyl (C=O) groups excluding carboxylic acids is 1. The number of thioether (sulfide) groups is 1. The summed E-state index contributed by atoms with van der Waals surface area (Å²) in [6, 6.07) is 12.7. The number of aromatic nitrogens is 1. The summed E-state index contributed by atoms with van der Waals surface area (Å²) in [6.07, 6.45) is 1.44. The fraction of sp³-hybridized carbons (Fsp3) is 0.200. The summed E-state index contributed by atoms with van der Waals surface area (Å²) in [5.74, 6) is 0.0360. The van der Waals surface area contributed by atoms with Gasteiger partial charge in [-0.3, -0.25) is 4.79 Å². The van der Waals surface area contributed by atoms with Crippen LogP contribution in [0.4, 0.5) is 0 Å². The molecule has 0 saturated heterocycles. The van der Waals surface area contributed by atoms with Crippen LogP contribution in [0.25, 0.3) is 0 Å². The van der Waals surface area contributed by atoms with E-state index in [2.05, 4.69) is 0 Å². The van der Waals surface area contributed by atoms with Gasteiger partial charge in [-0.1, -0.05) is 29.8 Å². The van der Waals surface area contributed by atoms with E-state index in [-0.39, 0.29) is 11.0 Å². The normalized spacial score (nSPS) is 12.1. The van der Waals surface area contributed by atoms with Gasteiger partial charge >= 0.3 is 0 Å². The molecule has 0 aliphatic carbocycles. The lowest BCUT2D eigenvalue weighted by molar-refractivity contribution is -0.645. The first-order chi connectivity index (χ1) is 9.08. The van der Waals surface area contributed by atoms with E-state index in [1.54, 1.807) is 18.2 Å². The maximum absolute atomic E-state index is 12.2. The maximum atomic E-state index is 12.2. The Balaban J connectivity index is 2.12. The smallest absolute Gasteiger partial charge is 0.252 e. The van der Waals surface area contributed by atoms with Crippen LogP contribution < -0.4 is 4.73 Å². The lowest BCUT2D eigenvalue weighted by Crippen LogP contribution is -2.29. The van der Waals surface area contributed by atoms with Crippen LogP contribution in [0.3, 0.4) is 0 Å². The molecule has 0 aliphatic rings. The van der Waals surface area contributed by atoms with Crippen LogP contribution in [0.1, 0.15) is 22.8 Å². The SMILES string of the molecule is Cc1ccc(C(=O)C(C)Sc2cccc[n+]2[O-])cc1.